The van der Waals surface area contributed by atoms with E-state index in [4.69, 9.17) is 16.9 Å². The summed E-state index contributed by atoms with van der Waals surface area (Å²) in [6, 6.07) is 14.8. The number of nitriles is 1. The molecule has 0 radical (unpaired) electrons. The highest BCUT2D eigenvalue weighted by Crippen LogP contribution is 2.22. The van der Waals surface area contributed by atoms with Gasteiger partial charge in [0.15, 0.2) is 0 Å². The van der Waals surface area contributed by atoms with Crippen LogP contribution in [0.15, 0.2) is 48.7 Å². The number of aromatic nitrogens is 1. The number of aryl methyl sites for hydroxylation is 1. The summed E-state index contributed by atoms with van der Waals surface area (Å²) in [6.07, 6.45) is 2.23. The van der Waals surface area contributed by atoms with Crippen LogP contribution in [0.2, 0.25) is 5.02 Å². The average molecular weight is 324 g/mol. The van der Waals surface area contributed by atoms with E-state index in [1.165, 1.54) is 0 Å². The molecule has 0 spiro atoms. The molecule has 0 saturated heterocycles. The van der Waals surface area contributed by atoms with Gasteiger partial charge in [-0.2, -0.15) is 5.26 Å². The van der Waals surface area contributed by atoms with Gasteiger partial charge in [0.2, 0.25) is 5.91 Å². The smallest absolute Gasteiger partial charge is 0.228 e. The molecule has 0 fully saturated rings. The van der Waals surface area contributed by atoms with Crippen molar-refractivity contribution < 1.29 is 4.79 Å². The number of fused-ring (bicyclic) bond motifs is 1. The number of amides is 1. The van der Waals surface area contributed by atoms with E-state index in [0.29, 0.717) is 16.3 Å². The Hall–Kier alpha value is -2.77. The van der Waals surface area contributed by atoms with Crippen LogP contribution in [0.3, 0.4) is 0 Å². The summed E-state index contributed by atoms with van der Waals surface area (Å²) in [7, 11) is 1.96. The maximum Gasteiger partial charge on any atom is 0.228 e. The number of nitrogens with one attached hydrogen (secondary N) is 1. The van der Waals surface area contributed by atoms with Gasteiger partial charge in [0.25, 0.3) is 0 Å². The monoisotopic (exact) mass is 323 g/mol. The first-order valence-corrected chi connectivity index (χ1v) is 7.48. The van der Waals surface area contributed by atoms with Crippen LogP contribution >= 0.6 is 11.6 Å². The number of benzene rings is 2. The molecule has 1 N–H and O–H groups in total. The Balaban J connectivity index is 1.80. The number of halogens is 1. The summed E-state index contributed by atoms with van der Waals surface area (Å²) in [4.78, 5) is 12.3. The number of carbonyl (C=O) groups excluding carboxylic acids is 1. The number of para-hydroxylation sites is 1. The van der Waals surface area contributed by atoms with E-state index in [9.17, 15) is 4.79 Å². The molecule has 0 aliphatic carbocycles. The quantitative estimate of drug-likeness (QED) is 0.795. The Labute approximate surface area is 138 Å². The molecule has 0 saturated carbocycles. The first-order valence-electron chi connectivity index (χ1n) is 7.11. The number of carbonyl (C=O) groups is 1. The fourth-order valence-electron chi connectivity index (χ4n) is 2.63. The van der Waals surface area contributed by atoms with Gasteiger partial charge in [-0.25, -0.2) is 0 Å². The number of anilines is 1. The second-order valence-corrected chi connectivity index (χ2v) is 5.72. The Morgan fingerprint density at radius 2 is 2.09 bits per heavy atom. The Morgan fingerprint density at radius 1 is 1.30 bits per heavy atom. The standard InChI is InChI=1S/C18H14ClN3O/c1-22-11-13(15-4-2-3-5-17(15)22)9-18(23)21-14-6-7-16(19)12(8-14)10-20/h2-8,11H,9H2,1H3,(H,21,23). The molecule has 0 bridgehead atoms. The molecular weight excluding hydrogens is 310 g/mol. The van der Waals surface area contributed by atoms with E-state index in [2.05, 4.69) is 5.32 Å². The van der Waals surface area contributed by atoms with Gasteiger partial charge in [-0.3, -0.25) is 4.79 Å². The van der Waals surface area contributed by atoms with Crippen LogP contribution in [0.4, 0.5) is 5.69 Å². The van der Waals surface area contributed by atoms with Gasteiger partial charge in [-0.05, 0) is 29.8 Å². The summed E-state index contributed by atoms with van der Waals surface area (Å²) < 4.78 is 2.01. The molecule has 0 aliphatic heterocycles. The van der Waals surface area contributed by atoms with Gasteiger partial charge < -0.3 is 9.88 Å². The fourth-order valence-corrected chi connectivity index (χ4v) is 2.79. The minimum absolute atomic E-state index is 0.132. The zero-order valence-corrected chi connectivity index (χ0v) is 13.3. The molecule has 3 rings (SSSR count). The molecule has 0 unspecified atom stereocenters. The van der Waals surface area contributed by atoms with Crippen molar-refractivity contribution in [2.45, 2.75) is 6.42 Å². The van der Waals surface area contributed by atoms with Crippen molar-refractivity contribution in [1.29, 1.82) is 5.26 Å². The summed E-state index contributed by atoms with van der Waals surface area (Å²) >= 11 is 5.89. The fraction of sp³-hybridized carbons (Fsp3) is 0.111. The van der Waals surface area contributed by atoms with E-state index >= 15 is 0 Å². The Morgan fingerprint density at radius 3 is 2.87 bits per heavy atom. The van der Waals surface area contributed by atoms with Gasteiger partial charge in [0.1, 0.15) is 6.07 Å². The molecule has 2 aromatic carbocycles. The van der Waals surface area contributed by atoms with Crippen LogP contribution in [0.1, 0.15) is 11.1 Å². The van der Waals surface area contributed by atoms with Gasteiger partial charge >= 0.3 is 0 Å². The lowest BCUT2D eigenvalue weighted by Crippen LogP contribution is -2.14. The lowest BCUT2D eigenvalue weighted by atomic mass is 10.1. The van der Waals surface area contributed by atoms with Crippen molar-refractivity contribution in [3.63, 3.8) is 0 Å². The maximum absolute atomic E-state index is 12.3. The molecule has 5 heteroatoms. The van der Waals surface area contributed by atoms with Crippen LogP contribution in [0.25, 0.3) is 10.9 Å². The molecular formula is C18H14ClN3O. The predicted octanol–water partition coefficient (Wildman–Crippen LogP) is 3.88. The lowest BCUT2D eigenvalue weighted by molar-refractivity contribution is -0.115. The molecule has 114 valence electrons. The minimum atomic E-state index is -0.132. The molecule has 0 aliphatic rings. The molecule has 4 nitrogen and oxygen atoms in total. The second kappa shape index (κ2) is 6.15. The van der Waals surface area contributed by atoms with Crippen molar-refractivity contribution >= 4 is 34.1 Å². The van der Waals surface area contributed by atoms with E-state index < -0.39 is 0 Å². The van der Waals surface area contributed by atoms with Crippen molar-refractivity contribution in [1.82, 2.24) is 4.57 Å². The van der Waals surface area contributed by atoms with Crippen LogP contribution in [0.5, 0.6) is 0 Å². The van der Waals surface area contributed by atoms with Gasteiger partial charge in [-0.1, -0.05) is 29.8 Å². The first-order chi connectivity index (χ1) is 11.1. The molecule has 1 heterocycles. The SMILES string of the molecule is Cn1cc(CC(=O)Nc2ccc(Cl)c(C#N)c2)c2ccccc21. The number of hydrogen-bond donors (Lipinski definition) is 1. The largest absolute Gasteiger partial charge is 0.350 e. The Bertz CT molecular complexity index is 937. The van der Waals surface area contributed by atoms with Gasteiger partial charge in [0, 0.05) is 29.8 Å². The summed E-state index contributed by atoms with van der Waals surface area (Å²) in [5.74, 6) is -0.132. The van der Waals surface area contributed by atoms with E-state index in [1.54, 1.807) is 18.2 Å². The summed E-state index contributed by atoms with van der Waals surface area (Å²) in [5.41, 5.74) is 2.97. The van der Waals surface area contributed by atoms with Crippen molar-refractivity contribution in [2.75, 3.05) is 5.32 Å². The van der Waals surface area contributed by atoms with Crippen molar-refractivity contribution in [2.24, 2.45) is 7.05 Å². The minimum Gasteiger partial charge on any atom is -0.350 e. The van der Waals surface area contributed by atoms with E-state index in [1.807, 2.05) is 48.1 Å². The lowest BCUT2D eigenvalue weighted by Gasteiger charge is -2.06. The topological polar surface area (TPSA) is 57.8 Å². The normalized spacial score (nSPS) is 10.5. The van der Waals surface area contributed by atoms with Crippen LogP contribution in [-0.4, -0.2) is 10.5 Å². The van der Waals surface area contributed by atoms with Gasteiger partial charge in [-0.15, -0.1) is 0 Å². The Kier molecular flexibility index (Phi) is 4.05. The van der Waals surface area contributed by atoms with Gasteiger partial charge in [0.05, 0.1) is 17.0 Å². The third-order valence-electron chi connectivity index (χ3n) is 3.70. The van der Waals surface area contributed by atoms with Crippen molar-refractivity contribution in [3.8, 4) is 6.07 Å². The van der Waals surface area contributed by atoms with Crippen LogP contribution < -0.4 is 5.32 Å². The summed E-state index contributed by atoms with van der Waals surface area (Å²) in [5, 5.41) is 13.2. The molecule has 23 heavy (non-hydrogen) atoms. The molecule has 3 aromatic rings. The van der Waals surface area contributed by atoms with E-state index in [0.717, 1.165) is 16.5 Å². The number of hydrogen-bond acceptors (Lipinski definition) is 2. The molecule has 1 aromatic heterocycles. The average Bonchev–Trinajstić information content (AvgIpc) is 2.86. The number of nitrogens with zero attached hydrogens (tertiary/aromatic N) is 2. The number of rotatable bonds is 3. The molecule has 1 amide bonds. The highest BCUT2D eigenvalue weighted by molar-refractivity contribution is 6.31. The van der Waals surface area contributed by atoms with Crippen LogP contribution in [-0.2, 0) is 18.3 Å². The third kappa shape index (κ3) is 3.05. The zero-order valence-electron chi connectivity index (χ0n) is 12.5. The third-order valence-corrected chi connectivity index (χ3v) is 4.03. The van der Waals surface area contributed by atoms with Crippen molar-refractivity contribution in [3.05, 3.63) is 64.8 Å². The highest BCUT2D eigenvalue weighted by atomic mass is 35.5. The maximum atomic E-state index is 12.3. The highest BCUT2D eigenvalue weighted by Gasteiger charge is 2.11. The predicted molar refractivity (Wildman–Crippen MR) is 91.4 cm³/mol. The summed E-state index contributed by atoms with van der Waals surface area (Å²) in [6.45, 7) is 0. The zero-order chi connectivity index (χ0) is 16.4. The second-order valence-electron chi connectivity index (χ2n) is 5.31. The van der Waals surface area contributed by atoms with Crippen LogP contribution in [0, 0.1) is 11.3 Å². The first kappa shape index (κ1) is 15.1. The molecule has 0 atom stereocenters. The van der Waals surface area contributed by atoms with E-state index in [-0.39, 0.29) is 12.3 Å².